The smallest absolute Gasteiger partial charge is 0.406 e. The molecule has 0 aromatic heterocycles. The van der Waals surface area contributed by atoms with Crippen LogP contribution in [0.3, 0.4) is 0 Å². The SMILES string of the molecule is O=C(O)COc1ccc(NC(=O)C2CC(=O)N(CC(F)(F)F)C2)cc1Cl. The Balaban J connectivity index is 1.96. The molecule has 0 aliphatic carbocycles. The van der Waals surface area contributed by atoms with Crippen LogP contribution in [0.5, 0.6) is 5.75 Å². The Morgan fingerprint density at radius 2 is 2.08 bits per heavy atom. The lowest BCUT2D eigenvalue weighted by atomic mass is 10.1. The number of nitrogens with zero attached hydrogens (tertiary/aromatic N) is 1. The van der Waals surface area contributed by atoms with E-state index in [0.717, 1.165) is 0 Å². The minimum absolute atomic E-state index is 0.0465. The molecule has 1 saturated heterocycles. The van der Waals surface area contributed by atoms with E-state index in [9.17, 15) is 27.6 Å². The first-order valence-corrected chi connectivity index (χ1v) is 7.72. The molecule has 1 unspecified atom stereocenters. The minimum atomic E-state index is -4.53. The van der Waals surface area contributed by atoms with Crippen molar-refractivity contribution in [3.63, 3.8) is 0 Å². The summed E-state index contributed by atoms with van der Waals surface area (Å²) >= 11 is 5.92. The average molecular weight is 395 g/mol. The van der Waals surface area contributed by atoms with Crippen LogP contribution in [0.15, 0.2) is 18.2 Å². The molecule has 1 atom stereocenters. The largest absolute Gasteiger partial charge is 0.480 e. The van der Waals surface area contributed by atoms with Crippen LogP contribution >= 0.6 is 11.6 Å². The lowest BCUT2D eigenvalue weighted by molar-refractivity contribution is -0.157. The van der Waals surface area contributed by atoms with Crippen molar-refractivity contribution in [2.24, 2.45) is 5.92 Å². The van der Waals surface area contributed by atoms with Crippen molar-refractivity contribution in [2.75, 3.05) is 25.0 Å². The number of alkyl halides is 3. The summed E-state index contributed by atoms with van der Waals surface area (Å²) in [7, 11) is 0. The first-order chi connectivity index (χ1) is 12.0. The van der Waals surface area contributed by atoms with E-state index in [1.54, 1.807) is 0 Å². The third kappa shape index (κ3) is 5.51. The average Bonchev–Trinajstić information content (AvgIpc) is 2.85. The van der Waals surface area contributed by atoms with E-state index in [4.69, 9.17) is 21.4 Å². The third-order valence-electron chi connectivity index (χ3n) is 3.51. The Kier molecular flexibility index (Phi) is 5.96. The van der Waals surface area contributed by atoms with Crippen molar-refractivity contribution < 1.29 is 37.4 Å². The van der Waals surface area contributed by atoms with Crippen LogP contribution in [-0.2, 0) is 14.4 Å². The van der Waals surface area contributed by atoms with E-state index in [1.807, 2.05) is 0 Å². The number of likely N-dealkylation sites (tertiary alicyclic amines) is 1. The molecule has 2 N–H and O–H groups in total. The molecule has 1 aliphatic rings. The van der Waals surface area contributed by atoms with Crippen LogP contribution in [0.25, 0.3) is 0 Å². The van der Waals surface area contributed by atoms with Gasteiger partial charge in [0.25, 0.3) is 0 Å². The molecule has 0 spiro atoms. The number of rotatable bonds is 6. The van der Waals surface area contributed by atoms with Gasteiger partial charge in [0, 0.05) is 18.7 Å². The number of hydrogen-bond donors (Lipinski definition) is 2. The molecule has 2 amide bonds. The molecule has 1 aromatic rings. The van der Waals surface area contributed by atoms with Gasteiger partial charge in [-0.05, 0) is 18.2 Å². The number of aliphatic carboxylic acids is 1. The van der Waals surface area contributed by atoms with Crippen molar-refractivity contribution in [3.05, 3.63) is 23.2 Å². The molecular weight excluding hydrogens is 381 g/mol. The highest BCUT2D eigenvalue weighted by atomic mass is 35.5. The van der Waals surface area contributed by atoms with Crippen molar-refractivity contribution in [2.45, 2.75) is 12.6 Å². The predicted octanol–water partition coefficient (Wildman–Crippen LogP) is 2.15. The van der Waals surface area contributed by atoms with Gasteiger partial charge < -0.3 is 20.1 Å². The Bertz CT molecular complexity index is 726. The van der Waals surface area contributed by atoms with Gasteiger partial charge in [0.15, 0.2) is 6.61 Å². The van der Waals surface area contributed by atoms with E-state index < -0.39 is 43.0 Å². The van der Waals surface area contributed by atoms with Gasteiger partial charge >= 0.3 is 12.1 Å². The zero-order valence-corrected chi connectivity index (χ0v) is 13.9. The summed E-state index contributed by atoms with van der Waals surface area (Å²) in [5.74, 6) is -3.35. The van der Waals surface area contributed by atoms with E-state index in [0.29, 0.717) is 4.90 Å². The number of amides is 2. The number of benzene rings is 1. The number of carbonyl (C=O) groups excluding carboxylic acids is 2. The zero-order chi connectivity index (χ0) is 19.5. The summed E-state index contributed by atoms with van der Waals surface area (Å²) in [5.41, 5.74) is 0.240. The van der Waals surface area contributed by atoms with E-state index >= 15 is 0 Å². The predicted molar refractivity (Wildman–Crippen MR) is 84.0 cm³/mol. The van der Waals surface area contributed by atoms with E-state index in [-0.39, 0.29) is 29.4 Å². The van der Waals surface area contributed by atoms with Crippen LogP contribution in [0.2, 0.25) is 5.02 Å². The number of anilines is 1. The minimum Gasteiger partial charge on any atom is -0.480 e. The van der Waals surface area contributed by atoms with Crippen molar-refractivity contribution in [1.29, 1.82) is 0 Å². The van der Waals surface area contributed by atoms with Gasteiger partial charge in [0.05, 0.1) is 10.9 Å². The normalized spacial score (nSPS) is 17.3. The fourth-order valence-corrected chi connectivity index (χ4v) is 2.63. The second kappa shape index (κ2) is 7.81. The molecule has 0 radical (unpaired) electrons. The molecule has 142 valence electrons. The lowest BCUT2D eigenvalue weighted by Gasteiger charge is -2.18. The maximum absolute atomic E-state index is 12.4. The van der Waals surface area contributed by atoms with Gasteiger partial charge in [-0.2, -0.15) is 13.2 Å². The zero-order valence-electron chi connectivity index (χ0n) is 13.2. The van der Waals surface area contributed by atoms with Crippen LogP contribution in [-0.4, -0.2) is 53.7 Å². The third-order valence-corrected chi connectivity index (χ3v) is 3.80. The topological polar surface area (TPSA) is 95.9 Å². The maximum Gasteiger partial charge on any atom is 0.406 e. The van der Waals surface area contributed by atoms with Gasteiger partial charge in [0.1, 0.15) is 12.3 Å². The summed E-state index contributed by atoms with van der Waals surface area (Å²) in [6, 6.07) is 4.04. The van der Waals surface area contributed by atoms with Gasteiger partial charge in [0.2, 0.25) is 11.8 Å². The molecule has 1 fully saturated rings. The number of carboxylic acids is 1. The van der Waals surface area contributed by atoms with Crippen molar-refractivity contribution in [3.8, 4) is 5.75 Å². The summed E-state index contributed by atoms with van der Waals surface area (Å²) in [5, 5.41) is 11.1. The first kappa shape index (κ1) is 19.8. The molecule has 7 nitrogen and oxygen atoms in total. The lowest BCUT2D eigenvalue weighted by Crippen LogP contribution is -2.36. The number of nitrogens with one attached hydrogen (secondary N) is 1. The Labute approximate surface area is 150 Å². The molecular formula is C15H14ClF3N2O5. The van der Waals surface area contributed by atoms with Gasteiger partial charge in [-0.15, -0.1) is 0 Å². The Morgan fingerprint density at radius 3 is 2.65 bits per heavy atom. The maximum atomic E-state index is 12.4. The number of carboxylic acid groups (broad SMARTS) is 1. The van der Waals surface area contributed by atoms with Crippen LogP contribution in [0.1, 0.15) is 6.42 Å². The first-order valence-electron chi connectivity index (χ1n) is 7.34. The number of ether oxygens (including phenoxy) is 1. The summed E-state index contributed by atoms with van der Waals surface area (Å²) < 4.78 is 42.1. The molecule has 2 rings (SSSR count). The van der Waals surface area contributed by atoms with E-state index in [2.05, 4.69) is 5.32 Å². The van der Waals surface area contributed by atoms with Crippen molar-refractivity contribution >= 4 is 35.1 Å². The fourth-order valence-electron chi connectivity index (χ4n) is 2.40. The molecule has 11 heteroatoms. The number of hydrogen-bond acceptors (Lipinski definition) is 4. The van der Waals surface area contributed by atoms with E-state index in [1.165, 1.54) is 18.2 Å². The highest BCUT2D eigenvalue weighted by Crippen LogP contribution is 2.29. The summed E-state index contributed by atoms with van der Waals surface area (Å²) in [6.45, 7) is -2.31. The molecule has 1 heterocycles. The Morgan fingerprint density at radius 1 is 1.38 bits per heavy atom. The quantitative estimate of drug-likeness (QED) is 0.770. The fraction of sp³-hybridized carbons (Fsp3) is 0.400. The second-order valence-electron chi connectivity index (χ2n) is 5.61. The standard InChI is InChI=1S/C15H14ClF3N2O5/c16-10-4-9(1-2-11(10)26-6-13(23)24)20-14(25)8-3-12(22)21(5-8)7-15(17,18)19/h1-2,4,8H,3,5-7H2,(H,20,25)(H,23,24). The summed E-state index contributed by atoms with van der Waals surface area (Å²) in [4.78, 5) is 34.8. The van der Waals surface area contributed by atoms with Gasteiger partial charge in [-0.1, -0.05) is 11.6 Å². The number of halogens is 4. The van der Waals surface area contributed by atoms with Gasteiger partial charge in [-0.25, -0.2) is 4.79 Å². The Hall–Kier alpha value is -2.49. The summed E-state index contributed by atoms with van der Waals surface area (Å²) in [6.07, 6.45) is -4.84. The molecule has 26 heavy (non-hydrogen) atoms. The molecule has 0 saturated carbocycles. The molecule has 1 aliphatic heterocycles. The van der Waals surface area contributed by atoms with Gasteiger partial charge in [-0.3, -0.25) is 9.59 Å². The van der Waals surface area contributed by atoms with Crippen LogP contribution in [0, 0.1) is 5.92 Å². The van der Waals surface area contributed by atoms with Crippen LogP contribution < -0.4 is 10.1 Å². The molecule has 0 bridgehead atoms. The highest BCUT2D eigenvalue weighted by Gasteiger charge is 2.40. The highest BCUT2D eigenvalue weighted by molar-refractivity contribution is 6.32. The second-order valence-corrected chi connectivity index (χ2v) is 6.01. The van der Waals surface area contributed by atoms with Crippen LogP contribution in [0.4, 0.5) is 18.9 Å². The van der Waals surface area contributed by atoms with Crippen molar-refractivity contribution in [1.82, 2.24) is 4.90 Å². The monoisotopic (exact) mass is 394 g/mol. The number of carbonyl (C=O) groups is 3. The molecule has 1 aromatic carbocycles.